The van der Waals surface area contributed by atoms with Gasteiger partial charge >= 0.3 is 6.61 Å². The second kappa shape index (κ2) is 9.86. The summed E-state index contributed by atoms with van der Waals surface area (Å²) >= 11 is 1.24. The molecule has 0 spiro atoms. The van der Waals surface area contributed by atoms with Crippen molar-refractivity contribution in [3.8, 4) is 29.4 Å². The SMILES string of the molecule is C#CCNS(=O)(=O)c1ccc(C(=O)Nc2nc(-c3ccc(OC(F)F)cc3)c(C)s2)cc1. The van der Waals surface area contributed by atoms with Crippen LogP contribution in [0.3, 0.4) is 0 Å². The number of hydrogen-bond acceptors (Lipinski definition) is 6. The fraction of sp³-hybridized carbons (Fsp3) is 0.143. The van der Waals surface area contributed by atoms with Gasteiger partial charge in [-0.15, -0.1) is 17.8 Å². The lowest BCUT2D eigenvalue weighted by atomic mass is 10.1. The van der Waals surface area contributed by atoms with Crippen LogP contribution in [0.1, 0.15) is 15.2 Å². The summed E-state index contributed by atoms with van der Waals surface area (Å²) in [6.07, 6.45) is 5.06. The number of nitrogens with zero attached hydrogens (tertiary/aromatic N) is 1. The molecule has 7 nitrogen and oxygen atoms in total. The molecule has 11 heteroatoms. The molecule has 2 aromatic carbocycles. The van der Waals surface area contributed by atoms with Gasteiger partial charge in [0.25, 0.3) is 5.91 Å². The standard InChI is InChI=1S/C21H17F2N3O4S2/c1-3-12-24-32(28,29)17-10-6-15(7-11-17)19(27)26-21-25-18(13(2)31-21)14-4-8-16(9-5-14)30-20(22)23/h1,4-11,20,24H,12H2,2H3,(H,25,26,27). The van der Waals surface area contributed by atoms with Crippen LogP contribution in [0.15, 0.2) is 53.4 Å². The molecule has 1 heterocycles. The summed E-state index contributed by atoms with van der Waals surface area (Å²) in [6, 6.07) is 11.4. The van der Waals surface area contributed by atoms with E-state index in [4.69, 9.17) is 6.42 Å². The minimum atomic E-state index is -3.75. The minimum absolute atomic E-state index is 0.0176. The van der Waals surface area contributed by atoms with Crippen LogP contribution in [0.25, 0.3) is 11.3 Å². The van der Waals surface area contributed by atoms with Crippen molar-refractivity contribution < 1.29 is 26.7 Å². The van der Waals surface area contributed by atoms with E-state index in [1.165, 1.54) is 47.7 Å². The number of carbonyl (C=O) groups excluding carboxylic acids is 1. The van der Waals surface area contributed by atoms with E-state index in [0.29, 0.717) is 16.4 Å². The minimum Gasteiger partial charge on any atom is -0.435 e. The lowest BCUT2D eigenvalue weighted by Gasteiger charge is -2.06. The molecule has 0 aliphatic rings. The highest BCUT2D eigenvalue weighted by Gasteiger charge is 2.16. The third-order valence-electron chi connectivity index (χ3n) is 4.16. The number of aromatic nitrogens is 1. The Hall–Kier alpha value is -3.33. The van der Waals surface area contributed by atoms with Crippen LogP contribution in [0.2, 0.25) is 0 Å². The Labute approximate surface area is 187 Å². The largest absolute Gasteiger partial charge is 0.435 e. The van der Waals surface area contributed by atoms with Crippen molar-refractivity contribution in [2.24, 2.45) is 0 Å². The smallest absolute Gasteiger partial charge is 0.387 e. The van der Waals surface area contributed by atoms with Crippen LogP contribution in [0, 0.1) is 19.3 Å². The molecule has 0 radical (unpaired) electrons. The average molecular weight is 478 g/mol. The van der Waals surface area contributed by atoms with Crippen molar-refractivity contribution in [1.82, 2.24) is 9.71 Å². The van der Waals surface area contributed by atoms with E-state index in [-0.39, 0.29) is 22.8 Å². The summed E-state index contributed by atoms with van der Waals surface area (Å²) in [7, 11) is -3.75. The molecule has 0 aliphatic heterocycles. The lowest BCUT2D eigenvalue weighted by Crippen LogP contribution is -2.24. The van der Waals surface area contributed by atoms with E-state index in [2.05, 4.69) is 25.7 Å². The van der Waals surface area contributed by atoms with Crippen LogP contribution in [-0.4, -0.2) is 32.5 Å². The molecule has 2 N–H and O–H groups in total. The molecule has 0 unspecified atom stereocenters. The maximum atomic E-state index is 12.5. The predicted molar refractivity (Wildman–Crippen MR) is 117 cm³/mol. The Morgan fingerprint density at radius 3 is 2.44 bits per heavy atom. The third kappa shape index (κ3) is 5.67. The van der Waals surface area contributed by atoms with Gasteiger partial charge in [-0.1, -0.05) is 5.92 Å². The number of anilines is 1. The summed E-state index contributed by atoms with van der Waals surface area (Å²) in [4.78, 5) is 17.7. The summed E-state index contributed by atoms with van der Waals surface area (Å²) in [5.41, 5.74) is 1.51. The summed E-state index contributed by atoms with van der Waals surface area (Å²) in [6.45, 7) is -1.23. The second-order valence-corrected chi connectivity index (χ2v) is 9.30. The van der Waals surface area contributed by atoms with E-state index in [0.717, 1.165) is 4.88 Å². The zero-order valence-corrected chi connectivity index (χ0v) is 18.3. The zero-order valence-electron chi connectivity index (χ0n) is 16.6. The number of amides is 1. The predicted octanol–water partition coefficient (Wildman–Crippen LogP) is 3.88. The molecule has 3 rings (SSSR count). The molecule has 0 saturated carbocycles. The molecule has 32 heavy (non-hydrogen) atoms. The summed E-state index contributed by atoms with van der Waals surface area (Å²) in [5, 5.41) is 3.01. The molecular formula is C21H17F2N3O4S2. The second-order valence-electron chi connectivity index (χ2n) is 6.33. The fourth-order valence-corrected chi connectivity index (χ4v) is 4.45. The summed E-state index contributed by atoms with van der Waals surface area (Å²) < 4.78 is 55.2. The first-order valence-corrected chi connectivity index (χ1v) is 11.4. The first-order valence-electron chi connectivity index (χ1n) is 9.07. The number of terminal acetylenes is 1. The monoisotopic (exact) mass is 477 g/mol. The van der Waals surface area contributed by atoms with Gasteiger partial charge < -0.3 is 4.74 Å². The number of rotatable bonds is 8. The number of nitrogens with one attached hydrogen (secondary N) is 2. The van der Waals surface area contributed by atoms with Crippen LogP contribution in [0.4, 0.5) is 13.9 Å². The van der Waals surface area contributed by atoms with Gasteiger partial charge in [0.1, 0.15) is 5.75 Å². The molecule has 3 aromatic rings. The molecule has 166 valence electrons. The highest BCUT2D eigenvalue weighted by molar-refractivity contribution is 7.89. The van der Waals surface area contributed by atoms with E-state index in [1.54, 1.807) is 12.1 Å². The Kier molecular flexibility index (Phi) is 7.19. The maximum Gasteiger partial charge on any atom is 0.387 e. The number of thiazole rings is 1. The maximum absolute atomic E-state index is 12.5. The van der Waals surface area contributed by atoms with Crippen molar-refractivity contribution in [2.45, 2.75) is 18.4 Å². The lowest BCUT2D eigenvalue weighted by molar-refractivity contribution is -0.0498. The Morgan fingerprint density at radius 2 is 1.84 bits per heavy atom. The third-order valence-corrected chi connectivity index (χ3v) is 6.46. The molecule has 0 aliphatic carbocycles. The van der Waals surface area contributed by atoms with E-state index < -0.39 is 22.5 Å². The number of alkyl halides is 2. The highest BCUT2D eigenvalue weighted by atomic mass is 32.2. The number of sulfonamides is 1. The molecule has 0 atom stereocenters. The number of ether oxygens (including phenoxy) is 1. The van der Waals surface area contributed by atoms with E-state index in [9.17, 15) is 22.0 Å². The summed E-state index contributed by atoms with van der Waals surface area (Å²) in [5.74, 6) is 1.75. The van der Waals surface area contributed by atoms with Gasteiger partial charge in [-0.2, -0.15) is 13.5 Å². The zero-order chi connectivity index (χ0) is 23.3. The van der Waals surface area contributed by atoms with Gasteiger partial charge in [-0.3, -0.25) is 10.1 Å². The van der Waals surface area contributed by atoms with Gasteiger partial charge in [-0.25, -0.2) is 13.4 Å². The number of hydrogen-bond donors (Lipinski definition) is 2. The molecule has 1 aromatic heterocycles. The van der Waals surface area contributed by atoms with Gasteiger partial charge in [0, 0.05) is 16.0 Å². The van der Waals surface area contributed by atoms with Gasteiger partial charge in [0.05, 0.1) is 17.1 Å². The molecule has 0 fully saturated rings. The Balaban J connectivity index is 1.72. The number of carbonyl (C=O) groups is 1. The Bertz CT molecular complexity index is 1250. The molecule has 1 amide bonds. The molecule has 0 saturated heterocycles. The number of aryl methyl sites for hydroxylation is 1. The fourth-order valence-electron chi connectivity index (χ4n) is 2.69. The van der Waals surface area contributed by atoms with Crippen molar-refractivity contribution >= 4 is 32.4 Å². The molecular weight excluding hydrogens is 460 g/mol. The van der Waals surface area contributed by atoms with Crippen molar-refractivity contribution in [3.63, 3.8) is 0 Å². The number of benzene rings is 2. The van der Waals surface area contributed by atoms with E-state index in [1.807, 2.05) is 6.92 Å². The first-order chi connectivity index (χ1) is 15.2. The van der Waals surface area contributed by atoms with Crippen LogP contribution < -0.4 is 14.8 Å². The normalized spacial score (nSPS) is 11.2. The van der Waals surface area contributed by atoms with Crippen LogP contribution in [0.5, 0.6) is 5.75 Å². The van der Waals surface area contributed by atoms with Gasteiger partial charge in [-0.05, 0) is 55.5 Å². The van der Waals surface area contributed by atoms with Crippen molar-refractivity contribution in [3.05, 3.63) is 59.0 Å². The number of halogens is 2. The van der Waals surface area contributed by atoms with Crippen molar-refractivity contribution in [1.29, 1.82) is 0 Å². The average Bonchev–Trinajstić information content (AvgIpc) is 3.12. The van der Waals surface area contributed by atoms with Gasteiger partial charge in [0.15, 0.2) is 5.13 Å². The van der Waals surface area contributed by atoms with E-state index >= 15 is 0 Å². The first kappa shape index (κ1) is 23.3. The van der Waals surface area contributed by atoms with Crippen LogP contribution in [-0.2, 0) is 10.0 Å². The van der Waals surface area contributed by atoms with Crippen molar-refractivity contribution in [2.75, 3.05) is 11.9 Å². The topological polar surface area (TPSA) is 97.4 Å². The Morgan fingerprint density at radius 1 is 1.19 bits per heavy atom. The van der Waals surface area contributed by atoms with Gasteiger partial charge in [0.2, 0.25) is 10.0 Å². The molecule has 0 bridgehead atoms. The van der Waals surface area contributed by atoms with Crippen LogP contribution >= 0.6 is 11.3 Å². The quantitative estimate of drug-likeness (QED) is 0.480. The highest BCUT2D eigenvalue weighted by Crippen LogP contribution is 2.31.